The Bertz CT molecular complexity index is 836. The fraction of sp³-hybridized carbons (Fsp3) is 0.154. The fourth-order valence-corrected chi connectivity index (χ4v) is 3.56. The lowest BCUT2D eigenvalue weighted by Crippen LogP contribution is -2.02. The van der Waals surface area contributed by atoms with Crippen molar-refractivity contribution in [2.24, 2.45) is 0 Å². The zero-order valence-electron chi connectivity index (χ0n) is 11.1. The Morgan fingerprint density at radius 2 is 2.05 bits per heavy atom. The topological polar surface area (TPSA) is 69.6 Å². The summed E-state index contributed by atoms with van der Waals surface area (Å²) in [4.78, 5) is 13.6. The normalized spacial score (nSPS) is 11.2. The summed E-state index contributed by atoms with van der Waals surface area (Å²) in [6, 6.07) is 5.31. The van der Waals surface area contributed by atoms with Crippen LogP contribution in [0.4, 0.5) is 5.82 Å². The summed E-state index contributed by atoms with van der Waals surface area (Å²) in [5.74, 6) is 0.763. The predicted molar refractivity (Wildman–Crippen MR) is 91.0 cm³/mol. The Morgan fingerprint density at radius 3 is 2.77 bits per heavy atom. The van der Waals surface area contributed by atoms with Gasteiger partial charge in [0.2, 0.25) is 0 Å². The number of nitrogen functional groups attached to an aromatic ring is 1. The molecule has 114 valence electrons. The van der Waals surface area contributed by atoms with E-state index in [0.717, 1.165) is 4.90 Å². The van der Waals surface area contributed by atoms with Crippen LogP contribution in [0.3, 0.4) is 0 Å². The van der Waals surface area contributed by atoms with E-state index in [-0.39, 0.29) is 0 Å². The minimum absolute atomic E-state index is 0.336. The highest BCUT2D eigenvalue weighted by Crippen LogP contribution is 2.36. The Labute approximate surface area is 145 Å². The standard InChI is InChI=1S/C13H10Cl3N5S/c14-3-4-21-12-10(11(17)18-6-19-12)20-13(21)22-9-2-1-7(15)5-8(9)16/h1-2,5-6H,3-4H2,(H2,17,18,19). The van der Waals surface area contributed by atoms with Gasteiger partial charge in [-0.25, -0.2) is 15.0 Å². The van der Waals surface area contributed by atoms with E-state index in [9.17, 15) is 0 Å². The van der Waals surface area contributed by atoms with Crippen LogP contribution in [0.25, 0.3) is 11.2 Å². The van der Waals surface area contributed by atoms with Gasteiger partial charge in [-0.2, -0.15) is 0 Å². The number of aryl methyl sites for hydroxylation is 1. The van der Waals surface area contributed by atoms with Gasteiger partial charge < -0.3 is 10.3 Å². The van der Waals surface area contributed by atoms with Crippen LogP contribution in [-0.2, 0) is 6.54 Å². The van der Waals surface area contributed by atoms with Crippen molar-refractivity contribution in [3.05, 3.63) is 34.6 Å². The van der Waals surface area contributed by atoms with Gasteiger partial charge in [0.15, 0.2) is 22.1 Å². The monoisotopic (exact) mass is 373 g/mol. The van der Waals surface area contributed by atoms with E-state index in [4.69, 9.17) is 40.5 Å². The van der Waals surface area contributed by atoms with Crippen molar-refractivity contribution in [2.45, 2.75) is 16.6 Å². The number of imidazole rings is 1. The minimum atomic E-state index is 0.336. The molecule has 5 nitrogen and oxygen atoms in total. The molecule has 2 heterocycles. The van der Waals surface area contributed by atoms with E-state index in [1.807, 2.05) is 10.6 Å². The number of halogens is 3. The first-order valence-corrected chi connectivity index (χ1v) is 8.36. The molecule has 2 aromatic heterocycles. The average Bonchev–Trinajstić information content (AvgIpc) is 2.82. The van der Waals surface area contributed by atoms with Gasteiger partial charge in [0.1, 0.15) is 6.33 Å². The smallest absolute Gasteiger partial charge is 0.175 e. The van der Waals surface area contributed by atoms with Crippen LogP contribution >= 0.6 is 46.6 Å². The molecule has 0 aliphatic carbocycles. The van der Waals surface area contributed by atoms with E-state index < -0.39 is 0 Å². The molecular weight excluding hydrogens is 365 g/mol. The van der Waals surface area contributed by atoms with Crippen LogP contribution in [0.2, 0.25) is 10.0 Å². The SMILES string of the molecule is Nc1ncnc2c1nc(Sc1ccc(Cl)cc1Cl)n2CCCl. The van der Waals surface area contributed by atoms with Crippen LogP contribution in [-0.4, -0.2) is 25.4 Å². The lowest BCUT2D eigenvalue weighted by atomic mass is 10.4. The highest BCUT2D eigenvalue weighted by Gasteiger charge is 2.16. The third-order valence-corrected chi connectivity index (χ3v) is 4.83. The van der Waals surface area contributed by atoms with Gasteiger partial charge in [0, 0.05) is 22.3 Å². The Hall–Kier alpha value is -1.21. The summed E-state index contributed by atoms with van der Waals surface area (Å²) in [7, 11) is 0. The van der Waals surface area contributed by atoms with Crippen molar-refractivity contribution in [1.29, 1.82) is 0 Å². The van der Waals surface area contributed by atoms with Gasteiger partial charge in [0.05, 0.1) is 5.02 Å². The van der Waals surface area contributed by atoms with Gasteiger partial charge >= 0.3 is 0 Å². The summed E-state index contributed by atoms with van der Waals surface area (Å²) in [5.41, 5.74) is 7.07. The molecule has 0 saturated heterocycles. The molecule has 9 heteroatoms. The van der Waals surface area contributed by atoms with E-state index in [1.165, 1.54) is 18.1 Å². The second-order valence-corrected chi connectivity index (χ2v) is 6.57. The summed E-state index contributed by atoms with van der Waals surface area (Å²) >= 11 is 19.4. The Kier molecular flexibility index (Phi) is 4.63. The molecule has 0 bridgehead atoms. The van der Waals surface area contributed by atoms with Crippen LogP contribution in [0.15, 0.2) is 34.6 Å². The molecule has 3 aromatic rings. The first-order chi connectivity index (χ1) is 10.6. The number of nitrogens with two attached hydrogens (primary N) is 1. The molecular formula is C13H10Cl3N5S. The molecule has 0 radical (unpaired) electrons. The number of hydrogen-bond acceptors (Lipinski definition) is 5. The maximum absolute atomic E-state index is 6.22. The number of benzene rings is 1. The molecule has 0 fully saturated rings. The van der Waals surface area contributed by atoms with Crippen LogP contribution < -0.4 is 5.73 Å². The molecule has 0 saturated carbocycles. The number of aromatic nitrogens is 4. The summed E-state index contributed by atoms with van der Waals surface area (Å²) in [6.45, 7) is 0.558. The van der Waals surface area contributed by atoms with Crippen molar-refractivity contribution in [1.82, 2.24) is 19.5 Å². The first kappa shape index (κ1) is 15.7. The lowest BCUT2D eigenvalue weighted by Gasteiger charge is -2.07. The number of nitrogens with zero attached hydrogens (tertiary/aromatic N) is 4. The quantitative estimate of drug-likeness (QED) is 0.696. The summed E-state index contributed by atoms with van der Waals surface area (Å²) < 4.78 is 1.90. The van der Waals surface area contributed by atoms with Crippen molar-refractivity contribution < 1.29 is 0 Å². The number of fused-ring (bicyclic) bond motifs is 1. The van der Waals surface area contributed by atoms with E-state index in [2.05, 4.69) is 15.0 Å². The van der Waals surface area contributed by atoms with Crippen molar-refractivity contribution in [3.63, 3.8) is 0 Å². The number of rotatable bonds is 4. The molecule has 1 aromatic carbocycles. The summed E-state index contributed by atoms with van der Waals surface area (Å²) in [5, 5.41) is 1.84. The zero-order chi connectivity index (χ0) is 15.7. The number of anilines is 1. The van der Waals surface area contributed by atoms with Crippen LogP contribution in [0.5, 0.6) is 0 Å². The van der Waals surface area contributed by atoms with Gasteiger partial charge in [-0.05, 0) is 18.2 Å². The van der Waals surface area contributed by atoms with E-state index in [1.54, 1.807) is 12.1 Å². The maximum Gasteiger partial charge on any atom is 0.175 e. The van der Waals surface area contributed by atoms with Crippen molar-refractivity contribution >= 4 is 63.5 Å². The second-order valence-electron chi connectivity index (χ2n) is 4.34. The Morgan fingerprint density at radius 1 is 1.23 bits per heavy atom. The molecule has 2 N–H and O–H groups in total. The van der Waals surface area contributed by atoms with Crippen molar-refractivity contribution in [2.75, 3.05) is 11.6 Å². The molecule has 0 aliphatic heterocycles. The highest BCUT2D eigenvalue weighted by molar-refractivity contribution is 7.99. The van der Waals surface area contributed by atoms with Gasteiger partial charge in [0.25, 0.3) is 0 Å². The minimum Gasteiger partial charge on any atom is -0.382 e. The Balaban J connectivity index is 2.09. The third kappa shape index (κ3) is 2.96. The largest absolute Gasteiger partial charge is 0.382 e. The molecule has 0 unspecified atom stereocenters. The zero-order valence-corrected chi connectivity index (χ0v) is 14.2. The second kappa shape index (κ2) is 6.50. The fourth-order valence-electron chi connectivity index (χ4n) is 1.95. The van der Waals surface area contributed by atoms with Gasteiger partial charge in [-0.1, -0.05) is 35.0 Å². The van der Waals surface area contributed by atoms with Crippen molar-refractivity contribution in [3.8, 4) is 0 Å². The van der Waals surface area contributed by atoms with Gasteiger partial charge in [-0.15, -0.1) is 11.6 Å². The number of alkyl halides is 1. The molecule has 0 atom stereocenters. The van der Waals surface area contributed by atoms with Crippen LogP contribution in [0.1, 0.15) is 0 Å². The first-order valence-electron chi connectivity index (χ1n) is 6.25. The molecule has 0 aliphatic rings. The van der Waals surface area contributed by atoms with Gasteiger partial charge in [-0.3, -0.25) is 0 Å². The predicted octanol–water partition coefficient (Wildman–Crippen LogP) is 4.11. The molecule has 0 amide bonds. The average molecular weight is 375 g/mol. The molecule has 22 heavy (non-hydrogen) atoms. The van der Waals surface area contributed by atoms with E-state index >= 15 is 0 Å². The highest BCUT2D eigenvalue weighted by atomic mass is 35.5. The lowest BCUT2D eigenvalue weighted by molar-refractivity contribution is 0.700. The molecule has 0 spiro atoms. The van der Waals surface area contributed by atoms with E-state index in [0.29, 0.717) is 44.6 Å². The van der Waals surface area contributed by atoms with Crippen LogP contribution in [0, 0.1) is 0 Å². The summed E-state index contributed by atoms with van der Waals surface area (Å²) in [6.07, 6.45) is 1.41. The maximum atomic E-state index is 6.22. The molecule has 3 rings (SSSR count). The third-order valence-electron chi connectivity index (χ3n) is 2.93. The number of hydrogen-bond donors (Lipinski definition) is 1.